The Morgan fingerprint density at radius 3 is 2.22 bits per heavy atom. The maximum Gasteiger partial charge on any atom is 0.362 e. The maximum atomic E-state index is 13.8. The summed E-state index contributed by atoms with van der Waals surface area (Å²) in [5.74, 6) is 0.225. The number of nitrogens with zero attached hydrogens (tertiary/aromatic N) is 1. The molecule has 5 nitrogen and oxygen atoms in total. The van der Waals surface area contributed by atoms with E-state index in [0.717, 1.165) is 63.7 Å². The first-order valence-electron chi connectivity index (χ1n) is 12.6. The van der Waals surface area contributed by atoms with Gasteiger partial charge in [0.2, 0.25) is 0 Å². The normalized spacial score (nSPS) is 29.7. The van der Waals surface area contributed by atoms with Crippen molar-refractivity contribution in [2.24, 2.45) is 5.92 Å². The summed E-state index contributed by atoms with van der Waals surface area (Å²) in [5, 5.41) is 0. The Bertz CT molecular complexity index is 797. The van der Waals surface area contributed by atoms with Crippen molar-refractivity contribution < 1.29 is 23.5 Å². The fraction of sp³-hybridized carbons (Fsp3) is 0.704. The SMILES string of the molecule is CC(C)(C)OC(=O)C[N+]12CCC(CC1)[C@@H](OC(=O)C1(c3ccccc3)CCCCCC1)C2. The molecule has 3 saturated heterocycles. The summed E-state index contributed by atoms with van der Waals surface area (Å²) in [6.45, 7) is 8.79. The Labute approximate surface area is 193 Å². The topological polar surface area (TPSA) is 52.6 Å². The van der Waals surface area contributed by atoms with Gasteiger partial charge < -0.3 is 14.0 Å². The highest BCUT2D eigenvalue weighted by atomic mass is 16.6. The average molecular weight is 443 g/mol. The molecule has 3 aliphatic heterocycles. The molecule has 0 amide bonds. The third kappa shape index (κ3) is 5.03. The Morgan fingerprint density at radius 2 is 1.62 bits per heavy atom. The molecule has 1 aliphatic carbocycles. The van der Waals surface area contributed by atoms with E-state index in [4.69, 9.17) is 9.47 Å². The monoisotopic (exact) mass is 442 g/mol. The predicted octanol–water partition coefficient (Wildman–Crippen LogP) is 4.77. The van der Waals surface area contributed by atoms with Crippen LogP contribution in [0.15, 0.2) is 30.3 Å². The van der Waals surface area contributed by atoms with Crippen molar-refractivity contribution in [3.63, 3.8) is 0 Å². The number of carbonyl (C=O) groups is 2. The summed E-state index contributed by atoms with van der Waals surface area (Å²) in [5.41, 5.74) is 0.0994. The van der Waals surface area contributed by atoms with E-state index in [1.54, 1.807) is 0 Å². The van der Waals surface area contributed by atoms with E-state index in [1.165, 1.54) is 12.8 Å². The fourth-order valence-electron chi connectivity index (χ4n) is 6.17. The summed E-state index contributed by atoms with van der Waals surface area (Å²) in [6, 6.07) is 10.3. The van der Waals surface area contributed by atoms with Crippen LogP contribution in [0.4, 0.5) is 0 Å². The van der Waals surface area contributed by atoms with Crippen LogP contribution in [-0.4, -0.2) is 54.3 Å². The number of esters is 2. The number of carbonyl (C=O) groups excluding carboxylic acids is 2. The number of fused-ring (bicyclic) bond motifs is 3. The molecule has 0 aromatic heterocycles. The zero-order valence-electron chi connectivity index (χ0n) is 20.1. The summed E-state index contributed by atoms with van der Waals surface area (Å²) in [7, 11) is 0. The lowest BCUT2D eigenvalue weighted by atomic mass is 9.74. The lowest BCUT2D eigenvalue weighted by Gasteiger charge is -2.52. The second-order valence-electron chi connectivity index (χ2n) is 11.4. The number of hydrogen-bond acceptors (Lipinski definition) is 4. The van der Waals surface area contributed by atoms with Gasteiger partial charge in [0.1, 0.15) is 12.1 Å². The molecule has 5 heteroatoms. The second-order valence-corrected chi connectivity index (χ2v) is 11.4. The summed E-state index contributed by atoms with van der Waals surface area (Å²) >= 11 is 0. The van der Waals surface area contributed by atoms with Gasteiger partial charge in [-0.2, -0.15) is 0 Å². The van der Waals surface area contributed by atoms with E-state index in [1.807, 2.05) is 39.0 Å². The first-order chi connectivity index (χ1) is 15.2. The van der Waals surface area contributed by atoms with Crippen molar-refractivity contribution in [3.05, 3.63) is 35.9 Å². The van der Waals surface area contributed by atoms with Gasteiger partial charge in [0, 0.05) is 18.8 Å². The minimum absolute atomic E-state index is 0.0419. The van der Waals surface area contributed by atoms with E-state index < -0.39 is 11.0 Å². The van der Waals surface area contributed by atoms with Gasteiger partial charge in [0.25, 0.3) is 0 Å². The smallest absolute Gasteiger partial charge is 0.362 e. The van der Waals surface area contributed by atoms with Crippen molar-refractivity contribution >= 4 is 11.9 Å². The second kappa shape index (κ2) is 9.17. The van der Waals surface area contributed by atoms with Crippen LogP contribution in [0.5, 0.6) is 0 Å². The molecule has 0 radical (unpaired) electrons. The number of ether oxygens (including phenoxy) is 2. The van der Waals surface area contributed by atoms with Crippen LogP contribution in [0, 0.1) is 5.92 Å². The van der Waals surface area contributed by atoms with E-state index >= 15 is 0 Å². The Hall–Kier alpha value is -1.88. The lowest BCUT2D eigenvalue weighted by molar-refractivity contribution is -0.939. The molecule has 1 aromatic carbocycles. The van der Waals surface area contributed by atoms with E-state index in [2.05, 4.69) is 12.1 Å². The first-order valence-corrected chi connectivity index (χ1v) is 12.6. The predicted molar refractivity (Wildman–Crippen MR) is 124 cm³/mol. The quantitative estimate of drug-likeness (QED) is 0.374. The summed E-state index contributed by atoms with van der Waals surface area (Å²) < 4.78 is 12.7. The van der Waals surface area contributed by atoms with Crippen LogP contribution >= 0.6 is 0 Å². The molecule has 3 heterocycles. The van der Waals surface area contributed by atoms with Gasteiger partial charge >= 0.3 is 11.9 Å². The van der Waals surface area contributed by atoms with Crippen molar-refractivity contribution in [3.8, 4) is 0 Å². The highest BCUT2D eigenvalue weighted by molar-refractivity contribution is 5.83. The molecule has 4 fully saturated rings. The van der Waals surface area contributed by atoms with Crippen LogP contribution in [0.2, 0.25) is 0 Å². The van der Waals surface area contributed by atoms with Crippen molar-refractivity contribution in [2.45, 2.75) is 89.3 Å². The number of piperidine rings is 3. The van der Waals surface area contributed by atoms with Crippen molar-refractivity contribution in [2.75, 3.05) is 26.2 Å². The third-order valence-corrected chi connectivity index (χ3v) is 7.86. The number of quaternary nitrogens is 1. The van der Waals surface area contributed by atoms with Crippen LogP contribution in [0.1, 0.15) is 77.7 Å². The molecular weight excluding hydrogens is 402 g/mol. The largest absolute Gasteiger partial charge is 0.456 e. The van der Waals surface area contributed by atoms with Crippen molar-refractivity contribution in [1.29, 1.82) is 0 Å². The zero-order chi connectivity index (χ0) is 22.8. The van der Waals surface area contributed by atoms with E-state index in [9.17, 15) is 9.59 Å². The molecule has 0 spiro atoms. The van der Waals surface area contributed by atoms with Crippen LogP contribution < -0.4 is 0 Å². The fourth-order valence-corrected chi connectivity index (χ4v) is 6.17. The molecule has 0 N–H and O–H groups in total. The molecule has 1 atom stereocenters. The molecule has 32 heavy (non-hydrogen) atoms. The lowest BCUT2D eigenvalue weighted by Crippen LogP contribution is -2.66. The highest BCUT2D eigenvalue weighted by Crippen LogP contribution is 2.42. The average Bonchev–Trinajstić information content (AvgIpc) is 3.00. The van der Waals surface area contributed by atoms with Crippen LogP contribution in [0.25, 0.3) is 0 Å². The standard InChI is InChI=1S/C27H40NO4/c1-26(2,3)32-24(29)20-28-17-13-21(14-18-28)23(19-28)31-25(30)27(15-9-4-5-10-16-27)22-11-7-6-8-12-22/h6-8,11-12,21,23H,4-5,9-10,13-20H2,1-3H3/q+1/t21?,23-,28?/m0/s1. The van der Waals surface area contributed by atoms with Gasteiger partial charge in [-0.15, -0.1) is 0 Å². The Balaban J connectivity index is 1.50. The summed E-state index contributed by atoms with van der Waals surface area (Å²) in [6.07, 6.45) is 8.16. The molecule has 176 valence electrons. The van der Waals surface area contributed by atoms with Gasteiger partial charge in [0.15, 0.2) is 12.6 Å². The first kappa shape index (κ1) is 23.3. The van der Waals surface area contributed by atoms with Gasteiger partial charge in [-0.1, -0.05) is 56.0 Å². The molecule has 2 bridgehead atoms. The maximum absolute atomic E-state index is 13.8. The number of hydrogen-bond donors (Lipinski definition) is 0. The Kier molecular flexibility index (Phi) is 6.67. The number of benzene rings is 1. The van der Waals surface area contributed by atoms with E-state index in [-0.39, 0.29) is 18.0 Å². The van der Waals surface area contributed by atoms with Gasteiger partial charge in [-0.25, -0.2) is 4.79 Å². The van der Waals surface area contributed by atoms with E-state index in [0.29, 0.717) is 16.9 Å². The van der Waals surface area contributed by atoms with Crippen LogP contribution in [0.3, 0.4) is 0 Å². The summed E-state index contributed by atoms with van der Waals surface area (Å²) in [4.78, 5) is 26.4. The molecule has 1 saturated carbocycles. The molecule has 0 unspecified atom stereocenters. The van der Waals surface area contributed by atoms with Gasteiger partial charge in [-0.05, 0) is 39.2 Å². The van der Waals surface area contributed by atoms with Gasteiger partial charge in [-0.3, -0.25) is 4.79 Å². The highest BCUT2D eigenvalue weighted by Gasteiger charge is 2.51. The zero-order valence-corrected chi connectivity index (χ0v) is 20.1. The molecule has 5 rings (SSSR count). The number of rotatable bonds is 5. The van der Waals surface area contributed by atoms with Crippen LogP contribution in [-0.2, 0) is 24.5 Å². The molecule has 4 aliphatic rings. The molecular formula is C27H40NO4+. The molecule has 1 aromatic rings. The Morgan fingerprint density at radius 1 is 1.00 bits per heavy atom. The minimum Gasteiger partial charge on any atom is -0.456 e. The van der Waals surface area contributed by atoms with Gasteiger partial charge in [0.05, 0.1) is 18.5 Å². The van der Waals surface area contributed by atoms with Crippen molar-refractivity contribution in [1.82, 2.24) is 0 Å². The third-order valence-electron chi connectivity index (χ3n) is 7.86. The minimum atomic E-state index is -0.528.